The van der Waals surface area contributed by atoms with Crippen molar-refractivity contribution in [1.29, 1.82) is 0 Å². The van der Waals surface area contributed by atoms with Gasteiger partial charge in [-0.15, -0.1) is 13.2 Å². The van der Waals surface area contributed by atoms with E-state index >= 15 is 0 Å². The largest absolute Gasteiger partial charge is 0.376 e. The lowest BCUT2D eigenvalue weighted by molar-refractivity contribution is 0.102. The number of hydrogen-bond acceptors (Lipinski definition) is 3. The molecule has 27 heavy (non-hydrogen) atoms. The fraction of sp³-hybridized carbons (Fsp3) is 0.333. The Bertz CT molecular complexity index is 827. The van der Waals surface area contributed by atoms with E-state index in [2.05, 4.69) is 49.6 Å². The van der Waals surface area contributed by atoms with Gasteiger partial charge in [-0.25, -0.2) is 0 Å². The summed E-state index contributed by atoms with van der Waals surface area (Å²) >= 11 is 0. The van der Waals surface area contributed by atoms with E-state index in [4.69, 9.17) is 14.2 Å². The first-order chi connectivity index (χ1) is 13.3. The van der Waals surface area contributed by atoms with Gasteiger partial charge in [0, 0.05) is 0 Å². The Labute approximate surface area is 160 Å². The lowest BCUT2D eigenvalue weighted by Crippen LogP contribution is -2.08. The van der Waals surface area contributed by atoms with Gasteiger partial charge in [0.15, 0.2) is 0 Å². The van der Waals surface area contributed by atoms with Crippen LogP contribution in [0.25, 0.3) is 11.1 Å². The van der Waals surface area contributed by atoms with Gasteiger partial charge in [0.1, 0.15) is 24.4 Å². The molecule has 0 aromatic heterocycles. The molecule has 0 bridgehead atoms. The molecule has 4 atom stereocenters. The molecule has 3 nitrogen and oxygen atoms in total. The van der Waals surface area contributed by atoms with Gasteiger partial charge in [-0.2, -0.15) is 0 Å². The molecule has 0 amide bonds. The fourth-order valence-corrected chi connectivity index (χ4v) is 4.14. The third-order valence-corrected chi connectivity index (χ3v) is 5.63. The third-order valence-electron chi connectivity index (χ3n) is 5.63. The predicted molar refractivity (Wildman–Crippen MR) is 106 cm³/mol. The Morgan fingerprint density at radius 3 is 1.70 bits per heavy atom. The second-order valence-electron chi connectivity index (χ2n) is 7.56. The molecule has 3 heterocycles. The maximum atomic E-state index is 5.96. The molecule has 138 valence electrons. The molecular formula is C24H24O3. The van der Waals surface area contributed by atoms with Gasteiger partial charge < -0.3 is 14.2 Å². The Morgan fingerprint density at radius 1 is 0.778 bits per heavy atom. The van der Waals surface area contributed by atoms with Gasteiger partial charge in [-0.3, -0.25) is 0 Å². The minimum absolute atomic E-state index is 0.115. The average molecular weight is 360 g/mol. The Kier molecular flexibility index (Phi) is 4.24. The van der Waals surface area contributed by atoms with Crippen molar-refractivity contribution in [3.05, 3.63) is 84.0 Å². The van der Waals surface area contributed by atoms with Crippen LogP contribution in [0.3, 0.4) is 0 Å². The number of allylic oxidation sites excluding steroid dienone is 2. The lowest BCUT2D eigenvalue weighted by atomic mass is 9.88. The van der Waals surface area contributed by atoms with Crippen LogP contribution in [0, 0.1) is 0 Å². The van der Waals surface area contributed by atoms with Crippen molar-refractivity contribution in [2.24, 2.45) is 0 Å². The van der Waals surface area contributed by atoms with E-state index in [1.54, 1.807) is 0 Å². The normalized spacial score (nSPS) is 27.9. The van der Waals surface area contributed by atoms with Crippen LogP contribution in [0.4, 0.5) is 0 Å². The van der Waals surface area contributed by atoms with Crippen LogP contribution in [0.2, 0.25) is 0 Å². The van der Waals surface area contributed by atoms with E-state index < -0.39 is 0 Å². The van der Waals surface area contributed by atoms with Crippen LogP contribution in [-0.2, 0) is 27.1 Å². The zero-order valence-electron chi connectivity index (χ0n) is 15.4. The molecule has 2 saturated heterocycles. The van der Waals surface area contributed by atoms with E-state index in [9.17, 15) is 0 Å². The van der Waals surface area contributed by atoms with Crippen molar-refractivity contribution in [2.45, 2.75) is 37.3 Å². The first kappa shape index (κ1) is 16.9. The van der Waals surface area contributed by atoms with E-state index in [0.29, 0.717) is 13.2 Å². The number of epoxide rings is 2. The molecule has 0 N–H and O–H groups in total. The Balaban J connectivity index is 1.69. The van der Waals surface area contributed by atoms with E-state index in [1.165, 1.54) is 33.4 Å². The van der Waals surface area contributed by atoms with E-state index in [-0.39, 0.29) is 24.4 Å². The molecule has 2 aromatic rings. The molecule has 3 aliphatic rings. The minimum Gasteiger partial charge on any atom is -0.376 e. The molecule has 0 saturated carbocycles. The number of hydrogen-bond donors (Lipinski definition) is 0. The lowest BCUT2D eigenvalue weighted by Gasteiger charge is -2.15. The van der Waals surface area contributed by atoms with E-state index in [0.717, 1.165) is 12.8 Å². The first-order valence-electron chi connectivity index (χ1n) is 9.65. The predicted octanol–water partition coefficient (Wildman–Crippen LogP) is 4.72. The van der Waals surface area contributed by atoms with Crippen LogP contribution in [-0.4, -0.2) is 25.4 Å². The smallest absolute Gasteiger partial charge is 0.112 e. The maximum Gasteiger partial charge on any atom is 0.112 e. The van der Waals surface area contributed by atoms with Crippen molar-refractivity contribution in [3.8, 4) is 11.1 Å². The van der Waals surface area contributed by atoms with Crippen molar-refractivity contribution in [2.75, 3.05) is 13.2 Å². The quantitative estimate of drug-likeness (QED) is 0.584. The summed E-state index contributed by atoms with van der Waals surface area (Å²) in [5.74, 6) is 0. The summed E-state index contributed by atoms with van der Waals surface area (Å²) in [5, 5.41) is 0. The van der Waals surface area contributed by atoms with Gasteiger partial charge >= 0.3 is 0 Å². The first-order valence-corrected chi connectivity index (χ1v) is 9.65. The summed E-state index contributed by atoms with van der Waals surface area (Å²) in [6.45, 7) is 9.04. The zero-order valence-corrected chi connectivity index (χ0v) is 15.4. The topological polar surface area (TPSA) is 34.3 Å². The highest BCUT2D eigenvalue weighted by molar-refractivity contribution is 5.74. The molecule has 2 aromatic carbocycles. The van der Waals surface area contributed by atoms with Crippen LogP contribution in [0.1, 0.15) is 34.5 Å². The maximum absolute atomic E-state index is 5.96. The van der Waals surface area contributed by atoms with Crippen molar-refractivity contribution >= 4 is 0 Å². The molecular weight excluding hydrogens is 336 g/mol. The highest BCUT2D eigenvalue weighted by Gasteiger charge is 2.46. The van der Waals surface area contributed by atoms with Gasteiger partial charge in [0.25, 0.3) is 0 Å². The Hall–Kier alpha value is -2.20. The number of rotatable bonds is 4. The second-order valence-corrected chi connectivity index (χ2v) is 7.56. The van der Waals surface area contributed by atoms with Gasteiger partial charge in [-0.1, -0.05) is 48.6 Å². The molecule has 0 spiro atoms. The molecule has 3 aliphatic heterocycles. The van der Waals surface area contributed by atoms with Crippen molar-refractivity contribution in [1.82, 2.24) is 0 Å². The van der Waals surface area contributed by atoms with Crippen LogP contribution >= 0.6 is 0 Å². The summed E-state index contributed by atoms with van der Waals surface area (Å²) in [4.78, 5) is 0. The second kappa shape index (κ2) is 6.75. The minimum atomic E-state index is 0.115. The third kappa shape index (κ3) is 3.16. The fourth-order valence-electron chi connectivity index (χ4n) is 4.14. The summed E-state index contributed by atoms with van der Waals surface area (Å²) in [6, 6.07) is 13.4. The van der Waals surface area contributed by atoms with Crippen molar-refractivity contribution < 1.29 is 14.2 Å². The van der Waals surface area contributed by atoms with Gasteiger partial charge in [0.05, 0.1) is 13.2 Å². The Morgan fingerprint density at radius 2 is 1.26 bits per heavy atom. The number of fused-ring (bicyclic) bond motifs is 7. The molecule has 2 fully saturated rings. The standard InChI is InChI=1S/C24H24O3/c1-3-5-15-7-9-17-19(11-15)20-12-16(6-4-2)8-10-18(20)24-22(27-24)14-25-13-21-23(17)26-21/h3-4,7-12,21-24H,1-2,5-6,13-14H2. The van der Waals surface area contributed by atoms with E-state index in [1.807, 2.05) is 12.2 Å². The molecule has 0 radical (unpaired) electrons. The average Bonchev–Trinajstić information content (AvgIpc) is 3.58. The molecule has 4 unspecified atom stereocenters. The number of benzene rings is 2. The van der Waals surface area contributed by atoms with Gasteiger partial charge in [0.2, 0.25) is 0 Å². The van der Waals surface area contributed by atoms with Crippen LogP contribution < -0.4 is 0 Å². The highest BCUT2D eigenvalue weighted by atomic mass is 16.6. The summed E-state index contributed by atoms with van der Waals surface area (Å²) in [5.41, 5.74) is 7.51. The molecule has 0 aliphatic carbocycles. The number of ether oxygens (including phenoxy) is 3. The zero-order chi connectivity index (χ0) is 18.4. The van der Waals surface area contributed by atoms with Crippen molar-refractivity contribution in [3.63, 3.8) is 0 Å². The summed E-state index contributed by atoms with van der Waals surface area (Å²) in [6.07, 6.45) is 6.13. The molecule has 3 heteroatoms. The summed E-state index contributed by atoms with van der Waals surface area (Å²) in [7, 11) is 0. The molecule has 5 rings (SSSR count). The monoisotopic (exact) mass is 360 g/mol. The highest BCUT2D eigenvalue weighted by Crippen LogP contribution is 2.49. The SMILES string of the molecule is C=CCc1ccc2c(c1)-c1cc(CC=C)ccc1C1OC1COCC1OC21. The summed E-state index contributed by atoms with van der Waals surface area (Å²) < 4.78 is 17.8. The van der Waals surface area contributed by atoms with Crippen LogP contribution in [0.15, 0.2) is 61.7 Å². The van der Waals surface area contributed by atoms with Gasteiger partial charge in [-0.05, 0) is 46.2 Å². The van der Waals surface area contributed by atoms with Crippen LogP contribution in [0.5, 0.6) is 0 Å².